The van der Waals surface area contributed by atoms with E-state index in [4.69, 9.17) is 5.73 Å². The van der Waals surface area contributed by atoms with Crippen molar-refractivity contribution in [3.05, 3.63) is 83.9 Å². The maximum Gasteiger partial charge on any atom is 0.123 e. The highest BCUT2D eigenvalue weighted by Crippen LogP contribution is 2.23. The van der Waals surface area contributed by atoms with Gasteiger partial charge in [-0.3, -0.25) is 9.88 Å². The highest BCUT2D eigenvalue weighted by Gasteiger charge is 2.19. The Labute approximate surface area is 177 Å². The lowest BCUT2D eigenvalue weighted by Crippen LogP contribution is -2.46. The number of anilines is 1. The SMILES string of the molecule is Cl.NCc1ccccc1N1CCN(Cc2cncc(-c3ccc(F)cc3)c2)CC1. The molecule has 1 aliphatic rings. The quantitative estimate of drug-likeness (QED) is 0.685. The van der Waals surface area contributed by atoms with E-state index in [0.29, 0.717) is 6.54 Å². The highest BCUT2D eigenvalue weighted by atomic mass is 35.5. The van der Waals surface area contributed by atoms with Gasteiger partial charge in [-0.05, 0) is 41.0 Å². The topological polar surface area (TPSA) is 45.4 Å². The molecular weight excluding hydrogens is 387 g/mol. The molecule has 0 saturated carbocycles. The second-order valence-corrected chi connectivity index (χ2v) is 7.18. The number of benzene rings is 2. The number of nitrogens with two attached hydrogens (primary N) is 1. The van der Waals surface area contributed by atoms with Crippen molar-refractivity contribution in [2.24, 2.45) is 5.73 Å². The van der Waals surface area contributed by atoms with Gasteiger partial charge < -0.3 is 10.6 Å². The molecule has 0 unspecified atom stereocenters. The summed E-state index contributed by atoms with van der Waals surface area (Å²) in [4.78, 5) is 9.26. The van der Waals surface area contributed by atoms with E-state index >= 15 is 0 Å². The second-order valence-electron chi connectivity index (χ2n) is 7.18. The number of hydrogen-bond acceptors (Lipinski definition) is 4. The molecule has 0 amide bonds. The Morgan fingerprint density at radius 3 is 2.34 bits per heavy atom. The molecule has 4 rings (SSSR count). The average Bonchev–Trinajstić information content (AvgIpc) is 2.75. The number of halogens is 2. The van der Waals surface area contributed by atoms with E-state index in [2.05, 4.69) is 39.0 Å². The maximum atomic E-state index is 13.2. The van der Waals surface area contributed by atoms with Gasteiger partial charge in [-0.1, -0.05) is 30.3 Å². The Morgan fingerprint density at radius 2 is 1.62 bits per heavy atom. The van der Waals surface area contributed by atoms with Crippen LogP contribution in [-0.2, 0) is 13.1 Å². The molecule has 2 aromatic carbocycles. The molecule has 0 spiro atoms. The molecule has 6 heteroatoms. The predicted octanol–water partition coefficient (Wildman–Crippen LogP) is 4.09. The largest absolute Gasteiger partial charge is 0.369 e. The van der Waals surface area contributed by atoms with Crippen molar-refractivity contribution in [1.82, 2.24) is 9.88 Å². The van der Waals surface area contributed by atoms with Crippen molar-refractivity contribution in [2.45, 2.75) is 13.1 Å². The van der Waals surface area contributed by atoms with Gasteiger partial charge in [0.2, 0.25) is 0 Å². The lowest BCUT2D eigenvalue weighted by atomic mass is 10.1. The van der Waals surface area contributed by atoms with Gasteiger partial charge in [0, 0.05) is 62.9 Å². The molecule has 2 N–H and O–H groups in total. The van der Waals surface area contributed by atoms with Crippen LogP contribution >= 0.6 is 12.4 Å². The fraction of sp³-hybridized carbons (Fsp3) is 0.261. The van der Waals surface area contributed by atoms with Crippen molar-refractivity contribution >= 4 is 18.1 Å². The third-order valence-electron chi connectivity index (χ3n) is 5.30. The molecule has 0 bridgehead atoms. The normalized spacial score (nSPS) is 14.5. The smallest absolute Gasteiger partial charge is 0.123 e. The number of para-hydroxylation sites is 1. The first kappa shape index (κ1) is 21.2. The van der Waals surface area contributed by atoms with E-state index in [-0.39, 0.29) is 18.2 Å². The van der Waals surface area contributed by atoms with E-state index in [1.807, 2.05) is 18.5 Å². The maximum absolute atomic E-state index is 13.2. The zero-order chi connectivity index (χ0) is 19.3. The van der Waals surface area contributed by atoms with Crippen LogP contribution in [0.4, 0.5) is 10.1 Å². The van der Waals surface area contributed by atoms with Crippen LogP contribution in [0.15, 0.2) is 67.0 Å². The monoisotopic (exact) mass is 412 g/mol. The summed E-state index contributed by atoms with van der Waals surface area (Å²) in [6.07, 6.45) is 3.75. The van der Waals surface area contributed by atoms with E-state index in [0.717, 1.165) is 43.9 Å². The van der Waals surface area contributed by atoms with E-state index in [1.165, 1.54) is 28.9 Å². The van der Waals surface area contributed by atoms with Gasteiger partial charge in [-0.2, -0.15) is 0 Å². The molecule has 1 fully saturated rings. The molecule has 0 aliphatic carbocycles. The Hall–Kier alpha value is -2.47. The number of pyridine rings is 1. The van der Waals surface area contributed by atoms with Gasteiger partial charge in [0.1, 0.15) is 5.82 Å². The van der Waals surface area contributed by atoms with E-state index in [1.54, 1.807) is 12.1 Å². The van der Waals surface area contributed by atoms with Gasteiger partial charge in [-0.15, -0.1) is 12.4 Å². The van der Waals surface area contributed by atoms with Crippen molar-refractivity contribution < 1.29 is 4.39 Å². The average molecular weight is 413 g/mol. The molecule has 1 aromatic heterocycles. The Balaban J connectivity index is 0.00000240. The van der Waals surface area contributed by atoms with Crippen LogP contribution in [0.1, 0.15) is 11.1 Å². The summed E-state index contributed by atoms with van der Waals surface area (Å²) in [6.45, 7) is 5.41. The Kier molecular flexibility index (Phi) is 7.20. The van der Waals surface area contributed by atoms with E-state index < -0.39 is 0 Å². The van der Waals surface area contributed by atoms with Crippen LogP contribution in [0.3, 0.4) is 0 Å². The van der Waals surface area contributed by atoms with Crippen LogP contribution in [0.25, 0.3) is 11.1 Å². The number of aromatic nitrogens is 1. The van der Waals surface area contributed by atoms with Crippen molar-refractivity contribution in [3.63, 3.8) is 0 Å². The van der Waals surface area contributed by atoms with Gasteiger partial charge in [0.05, 0.1) is 0 Å². The number of hydrogen-bond donors (Lipinski definition) is 1. The summed E-state index contributed by atoms with van der Waals surface area (Å²) in [5.41, 5.74) is 11.5. The van der Waals surface area contributed by atoms with Gasteiger partial charge in [0.15, 0.2) is 0 Å². The zero-order valence-corrected chi connectivity index (χ0v) is 17.1. The minimum atomic E-state index is -0.220. The summed E-state index contributed by atoms with van der Waals surface area (Å²) >= 11 is 0. The minimum absolute atomic E-state index is 0. The molecule has 3 aromatic rings. The molecule has 4 nitrogen and oxygen atoms in total. The first-order chi connectivity index (χ1) is 13.7. The van der Waals surface area contributed by atoms with Gasteiger partial charge in [-0.25, -0.2) is 4.39 Å². The summed E-state index contributed by atoms with van der Waals surface area (Å²) in [5.74, 6) is -0.220. The Morgan fingerprint density at radius 1 is 0.897 bits per heavy atom. The number of rotatable bonds is 5. The number of nitrogens with zero attached hydrogens (tertiary/aromatic N) is 3. The van der Waals surface area contributed by atoms with Crippen LogP contribution in [0.2, 0.25) is 0 Å². The summed E-state index contributed by atoms with van der Waals surface area (Å²) in [7, 11) is 0. The fourth-order valence-corrected chi connectivity index (χ4v) is 3.77. The fourth-order valence-electron chi connectivity index (χ4n) is 3.77. The van der Waals surface area contributed by atoms with Crippen molar-refractivity contribution in [2.75, 3.05) is 31.1 Å². The molecule has 2 heterocycles. The van der Waals surface area contributed by atoms with Crippen LogP contribution in [-0.4, -0.2) is 36.1 Å². The van der Waals surface area contributed by atoms with Crippen LogP contribution < -0.4 is 10.6 Å². The van der Waals surface area contributed by atoms with Crippen LogP contribution in [0, 0.1) is 5.82 Å². The first-order valence-electron chi connectivity index (χ1n) is 9.68. The standard InChI is InChI=1S/C23H25FN4.ClH/c24-22-7-5-19(6-8-22)21-13-18(15-26-16-21)17-27-9-11-28(12-10-27)23-4-2-1-3-20(23)14-25;/h1-8,13,15-16H,9-12,14,17,25H2;1H. The Bertz CT molecular complexity index is 924. The lowest BCUT2D eigenvalue weighted by molar-refractivity contribution is 0.249. The molecule has 0 atom stereocenters. The van der Waals surface area contributed by atoms with Gasteiger partial charge >= 0.3 is 0 Å². The summed E-state index contributed by atoms with van der Waals surface area (Å²) in [5, 5.41) is 0. The third-order valence-corrected chi connectivity index (χ3v) is 5.30. The first-order valence-corrected chi connectivity index (χ1v) is 9.68. The lowest BCUT2D eigenvalue weighted by Gasteiger charge is -2.37. The summed E-state index contributed by atoms with van der Waals surface area (Å²) < 4.78 is 13.2. The minimum Gasteiger partial charge on any atom is -0.369 e. The van der Waals surface area contributed by atoms with Crippen molar-refractivity contribution in [1.29, 1.82) is 0 Å². The summed E-state index contributed by atoms with van der Waals surface area (Å²) in [6, 6.07) is 17.1. The van der Waals surface area contributed by atoms with Gasteiger partial charge in [0.25, 0.3) is 0 Å². The molecule has 152 valence electrons. The van der Waals surface area contributed by atoms with Crippen molar-refractivity contribution in [3.8, 4) is 11.1 Å². The second kappa shape index (κ2) is 9.83. The third kappa shape index (κ3) is 5.12. The number of piperazine rings is 1. The molecule has 29 heavy (non-hydrogen) atoms. The molecule has 1 aliphatic heterocycles. The molecule has 0 radical (unpaired) electrons. The molecular formula is C23H26ClFN4. The van der Waals surface area contributed by atoms with E-state index in [9.17, 15) is 4.39 Å². The molecule has 1 saturated heterocycles. The highest BCUT2D eigenvalue weighted by molar-refractivity contribution is 5.85. The zero-order valence-electron chi connectivity index (χ0n) is 16.3. The predicted molar refractivity (Wildman–Crippen MR) is 119 cm³/mol. The van der Waals surface area contributed by atoms with Crippen LogP contribution in [0.5, 0.6) is 0 Å².